The molecule has 0 amide bonds. The second kappa shape index (κ2) is 32.4. The smallest absolute Gasteiger partial charge is 0.545 e. The third-order valence-corrected chi connectivity index (χ3v) is 1.61. The van der Waals surface area contributed by atoms with E-state index >= 15 is 0 Å². The van der Waals surface area contributed by atoms with Gasteiger partial charge in [0.25, 0.3) is 0 Å². The van der Waals surface area contributed by atoms with Crippen molar-refractivity contribution in [3.05, 3.63) is 72.9 Å². The molecule has 6 nitrogen and oxygen atoms in total. The molecule has 0 rings (SSSR count). The van der Waals surface area contributed by atoms with Crippen molar-refractivity contribution in [2.24, 2.45) is 0 Å². The average Bonchev–Trinajstić information content (AvgIpc) is 2.48. The number of aliphatic carboxylic acids is 3. The van der Waals surface area contributed by atoms with E-state index in [2.05, 4.69) is 0 Å². The number of carboxylic acids is 3. The summed E-state index contributed by atoms with van der Waals surface area (Å²) >= 11 is 0. The maximum atomic E-state index is 9.64. The molecule has 8 heteroatoms. The first-order chi connectivity index (χ1) is 11.3. The van der Waals surface area contributed by atoms with E-state index < -0.39 is 17.9 Å². The van der Waals surface area contributed by atoms with Crippen LogP contribution in [0.5, 0.6) is 0 Å². The van der Waals surface area contributed by atoms with Gasteiger partial charge < -0.3 is 29.7 Å². The van der Waals surface area contributed by atoms with E-state index in [1.54, 1.807) is 57.2 Å². The molecule has 0 aromatic rings. The largest absolute Gasteiger partial charge is 2.00 e. The predicted molar refractivity (Wildman–Crippen MR) is 92.6 cm³/mol. The maximum absolute atomic E-state index is 9.64. The van der Waals surface area contributed by atoms with Crippen molar-refractivity contribution in [3.8, 4) is 0 Å². The molecule has 0 fully saturated rings. The van der Waals surface area contributed by atoms with Gasteiger partial charge >= 0.3 is 89.1 Å². The van der Waals surface area contributed by atoms with Crippen LogP contribution < -0.4 is 66.7 Å². The second-order valence-corrected chi connectivity index (χ2v) is 3.61. The van der Waals surface area contributed by atoms with Crippen LogP contribution in [0, 0.1) is 0 Å². The van der Waals surface area contributed by atoms with E-state index in [1.165, 1.54) is 18.2 Å². The molecule has 0 bridgehead atoms. The van der Waals surface area contributed by atoms with E-state index in [0.29, 0.717) is 0 Å². The molecule has 26 heavy (non-hydrogen) atoms. The molecule has 0 aliphatic carbocycles. The summed E-state index contributed by atoms with van der Waals surface area (Å²) in [6.07, 6.45) is 17.2. The third-order valence-electron chi connectivity index (χ3n) is 1.61. The average molecular weight is 413 g/mol. The van der Waals surface area contributed by atoms with Crippen LogP contribution in [0.15, 0.2) is 72.9 Å². The Kier molecular flexibility index (Phi) is 45.7. The third kappa shape index (κ3) is 56.5. The Morgan fingerprint density at radius 2 is 0.731 bits per heavy atom. The summed E-state index contributed by atoms with van der Waals surface area (Å²) in [5.74, 6) is -3.49. The topological polar surface area (TPSA) is 120 Å². The molecule has 0 spiro atoms. The molecule has 0 N–H and O–H groups in total. The van der Waals surface area contributed by atoms with Gasteiger partial charge in [-0.25, -0.2) is 0 Å². The Bertz CT molecular complexity index is 456. The molecule has 0 saturated carbocycles. The molecule has 0 aromatic heterocycles. The molecule has 0 unspecified atom stereocenters. The van der Waals surface area contributed by atoms with Gasteiger partial charge in [-0.15, -0.1) is 0 Å². The fourth-order valence-corrected chi connectivity index (χ4v) is 0.736. The number of allylic oxidation sites excluding steroid dienone is 9. The standard InChI is InChI=1S/3C6H8O2.Ca.K/c3*1-2-3-4-5-6(7)8;;/h3*2-5H,1H3,(H,7,8);;/q;;;+2;+1/p-3/b3*3-2+,5-4+;;. The van der Waals surface area contributed by atoms with Crippen molar-refractivity contribution in [3.63, 3.8) is 0 Å². The first-order valence-corrected chi connectivity index (χ1v) is 6.82. The zero-order valence-electron chi connectivity index (χ0n) is 15.6. The van der Waals surface area contributed by atoms with Crippen LogP contribution in [-0.4, -0.2) is 55.6 Å². The molecular formula is C18H21CaKO6. The molecular weight excluding hydrogens is 391 g/mol. The number of hydrogen-bond donors (Lipinski definition) is 0. The zero-order valence-corrected chi connectivity index (χ0v) is 20.9. The molecule has 0 aliphatic rings. The summed E-state index contributed by atoms with van der Waals surface area (Å²) in [4.78, 5) is 28.9. The van der Waals surface area contributed by atoms with Crippen LogP contribution in [-0.2, 0) is 14.4 Å². The van der Waals surface area contributed by atoms with Crippen LogP contribution in [0.1, 0.15) is 20.8 Å². The Balaban J connectivity index is -0.0000000817. The monoisotopic (exact) mass is 412 g/mol. The SMILES string of the molecule is C/C=C/C=C/C(=O)[O-].C/C=C/C=C/C(=O)[O-].C/C=C/C=C/C(=O)[O-].[Ca+2].[K+]. The summed E-state index contributed by atoms with van der Waals surface area (Å²) in [5.41, 5.74) is 0. The number of carbonyl (C=O) groups is 3. The van der Waals surface area contributed by atoms with Gasteiger partial charge in [0.15, 0.2) is 0 Å². The van der Waals surface area contributed by atoms with Crippen LogP contribution in [0.2, 0.25) is 0 Å². The van der Waals surface area contributed by atoms with Gasteiger partial charge in [0, 0.05) is 0 Å². The minimum absolute atomic E-state index is 0. The normalized spacial score (nSPS) is 10.3. The minimum atomic E-state index is -1.16. The minimum Gasteiger partial charge on any atom is -0.545 e. The molecule has 0 heterocycles. The van der Waals surface area contributed by atoms with Gasteiger partial charge in [-0.2, -0.15) is 0 Å². The Labute approximate surface area is 227 Å². The Morgan fingerprint density at radius 1 is 0.538 bits per heavy atom. The van der Waals surface area contributed by atoms with Gasteiger partial charge in [-0.05, 0) is 39.0 Å². The van der Waals surface area contributed by atoms with Crippen molar-refractivity contribution in [2.75, 3.05) is 0 Å². The first kappa shape index (κ1) is 36.6. The predicted octanol–water partition coefficient (Wildman–Crippen LogP) is -3.77. The van der Waals surface area contributed by atoms with Crippen LogP contribution in [0.4, 0.5) is 0 Å². The van der Waals surface area contributed by atoms with E-state index in [9.17, 15) is 29.7 Å². The molecule has 0 aliphatic heterocycles. The summed E-state index contributed by atoms with van der Waals surface area (Å²) in [5, 5.41) is 28.9. The van der Waals surface area contributed by atoms with Gasteiger partial charge in [-0.3, -0.25) is 0 Å². The number of carboxylic acid groups (broad SMARTS) is 3. The van der Waals surface area contributed by atoms with Gasteiger partial charge in [0.05, 0.1) is 17.9 Å². The second-order valence-electron chi connectivity index (χ2n) is 3.61. The van der Waals surface area contributed by atoms with E-state index in [4.69, 9.17) is 0 Å². The number of hydrogen-bond acceptors (Lipinski definition) is 6. The van der Waals surface area contributed by atoms with Crippen molar-refractivity contribution in [2.45, 2.75) is 20.8 Å². The quantitative estimate of drug-likeness (QED) is 0.251. The van der Waals surface area contributed by atoms with Gasteiger partial charge in [0.1, 0.15) is 0 Å². The van der Waals surface area contributed by atoms with Crippen molar-refractivity contribution in [1.29, 1.82) is 0 Å². The Hall–Kier alpha value is -0.254. The van der Waals surface area contributed by atoms with Crippen molar-refractivity contribution >= 4 is 55.6 Å². The fourth-order valence-electron chi connectivity index (χ4n) is 0.736. The Morgan fingerprint density at radius 3 is 0.846 bits per heavy atom. The van der Waals surface area contributed by atoms with Gasteiger partial charge in [-0.1, -0.05) is 54.7 Å². The van der Waals surface area contributed by atoms with E-state index in [1.807, 2.05) is 0 Å². The molecule has 0 saturated heterocycles. The molecule has 0 radical (unpaired) electrons. The van der Waals surface area contributed by atoms with Crippen LogP contribution in [0.3, 0.4) is 0 Å². The van der Waals surface area contributed by atoms with E-state index in [-0.39, 0.29) is 89.1 Å². The fraction of sp³-hybridized carbons (Fsp3) is 0.167. The van der Waals surface area contributed by atoms with Crippen molar-refractivity contribution < 1.29 is 81.1 Å². The molecule has 0 aromatic carbocycles. The summed E-state index contributed by atoms with van der Waals surface area (Å²) in [6, 6.07) is 0. The van der Waals surface area contributed by atoms with E-state index in [0.717, 1.165) is 18.2 Å². The van der Waals surface area contributed by atoms with Gasteiger partial charge in [0.2, 0.25) is 0 Å². The zero-order chi connectivity index (χ0) is 19.2. The number of rotatable bonds is 6. The van der Waals surface area contributed by atoms with Crippen LogP contribution in [0.25, 0.3) is 0 Å². The van der Waals surface area contributed by atoms with Crippen molar-refractivity contribution in [1.82, 2.24) is 0 Å². The first-order valence-electron chi connectivity index (χ1n) is 6.82. The summed E-state index contributed by atoms with van der Waals surface area (Å²) < 4.78 is 0. The number of carbonyl (C=O) groups excluding carboxylic acids is 3. The maximum Gasteiger partial charge on any atom is 2.00 e. The van der Waals surface area contributed by atoms with Crippen LogP contribution >= 0.6 is 0 Å². The molecule has 132 valence electrons. The summed E-state index contributed by atoms with van der Waals surface area (Å²) in [7, 11) is 0. The summed E-state index contributed by atoms with van der Waals surface area (Å²) in [6.45, 7) is 5.42. The molecule has 0 atom stereocenters.